The first-order valence-corrected chi connectivity index (χ1v) is 14.5. The SMILES string of the molecule is CCN(C)CCCn1c(=O)oc(=O)c2ccccc21.CCNC.O=c1oc(=O)n(CCCI)c2ccccc12.[I-]. The molecule has 2 aromatic carbocycles. The first kappa shape index (κ1) is 35.7. The van der Waals surface area contributed by atoms with Crippen LogP contribution < -0.4 is 52.1 Å². The Kier molecular flexibility index (Phi) is 16.9. The van der Waals surface area contributed by atoms with Crippen molar-refractivity contribution in [3.8, 4) is 0 Å². The summed E-state index contributed by atoms with van der Waals surface area (Å²) in [6.07, 6.45) is 1.71. The van der Waals surface area contributed by atoms with Crippen LogP contribution in [0, 0.1) is 0 Å². The van der Waals surface area contributed by atoms with E-state index in [1.165, 1.54) is 9.13 Å². The summed E-state index contributed by atoms with van der Waals surface area (Å²) >= 11 is 2.25. The molecule has 0 spiro atoms. The van der Waals surface area contributed by atoms with Crippen molar-refractivity contribution in [2.24, 2.45) is 0 Å². The molecule has 0 saturated carbocycles. The molecule has 4 rings (SSSR count). The summed E-state index contributed by atoms with van der Waals surface area (Å²) < 4.78 is 13.4. The number of halogens is 2. The Balaban J connectivity index is 0.000000349. The van der Waals surface area contributed by atoms with Gasteiger partial charge in [0.15, 0.2) is 0 Å². The highest BCUT2D eigenvalue weighted by atomic mass is 127. The van der Waals surface area contributed by atoms with Crippen LogP contribution in [0.25, 0.3) is 21.8 Å². The Morgan fingerprint density at radius 2 is 1.23 bits per heavy atom. The molecule has 1 N–H and O–H groups in total. The van der Waals surface area contributed by atoms with Gasteiger partial charge in [0, 0.05) is 17.5 Å². The molecule has 0 saturated heterocycles. The first-order valence-electron chi connectivity index (χ1n) is 12.9. The van der Waals surface area contributed by atoms with Crippen LogP contribution >= 0.6 is 22.6 Å². The summed E-state index contributed by atoms with van der Waals surface area (Å²) in [5, 5.41) is 3.83. The lowest BCUT2D eigenvalue weighted by molar-refractivity contribution is -0.00000938. The zero-order chi connectivity index (χ0) is 28.8. The number of nitrogens with one attached hydrogen (secondary N) is 1. The van der Waals surface area contributed by atoms with E-state index in [-0.39, 0.29) is 24.0 Å². The summed E-state index contributed by atoms with van der Waals surface area (Å²) in [5.41, 5.74) is 0.158. The van der Waals surface area contributed by atoms with Gasteiger partial charge < -0.3 is 43.0 Å². The van der Waals surface area contributed by atoms with Gasteiger partial charge in [0.1, 0.15) is 0 Å². The second kappa shape index (κ2) is 18.9. The lowest BCUT2D eigenvalue weighted by atomic mass is 10.2. The maximum absolute atomic E-state index is 11.8. The number of aromatic nitrogens is 2. The lowest BCUT2D eigenvalue weighted by Gasteiger charge is -2.14. The molecule has 10 nitrogen and oxygen atoms in total. The second-order valence-electron chi connectivity index (χ2n) is 8.65. The Bertz CT molecular complexity index is 1560. The number of rotatable bonds is 9. The van der Waals surface area contributed by atoms with Gasteiger partial charge in [0.2, 0.25) is 0 Å². The molecule has 12 heteroatoms. The molecule has 0 aliphatic heterocycles. The van der Waals surface area contributed by atoms with E-state index in [4.69, 9.17) is 4.42 Å². The summed E-state index contributed by atoms with van der Waals surface area (Å²) in [6, 6.07) is 14.0. The van der Waals surface area contributed by atoms with Crippen molar-refractivity contribution in [2.45, 2.75) is 39.8 Å². The summed E-state index contributed by atoms with van der Waals surface area (Å²) in [6.45, 7) is 8.22. The van der Waals surface area contributed by atoms with Crippen molar-refractivity contribution in [1.29, 1.82) is 0 Å². The Hall–Kier alpha value is -2.30. The Morgan fingerprint density at radius 1 is 0.800 bits per heavy atom. The number of aryl methyl sites for hydroxylation is 2. The van der Waals surface area contributed by atoms with Gasteiger partial charge in [-0.05, 0) is 70.8 Å². The topological polar surface area (TPSA) is 120 Å². The van der Waals surface area contributed by atoms with Crippen LogP contribution in [0.2, 0.25) is 0 Å². The molecular weight excluding hydrogens is 742 g/mol. The minimum absolute atomic E-state index is 0. The van der Waals surface area contributed by atoms with Crippen molar-refractivity contribution >= 4 is 44.4 Å². The van der Waals surface area contributed by atoms with Gasteiger partial charge in [-0.3, -0.25) is 9.13 Å². The van der Waals surface area contributed by atoms with Gasteiger partial charge in [-0.2, -0.15) is 0 Å². The summed E-state index contributed by atoms with van der Waals surface area (Å²) in [4.78, 5) is 48.5. The number of hydrogen-bond donors (Lipinski definition) is 1. The third kappa shape index (κ3) is 10.3. The fourth-order valence-electron chi connectivity index (χ4n) is 3.64. The molecule has 0 atom stereocenters. The smallest absolute Gasteiger partial charge is 0.422 e. The summed E-state index contributed by atoms with van der Waals surface area (Å²) in [7, 11) is 3.96. The molecule has 40 heavy (non-hydrogen) atoms. The van der Waals surface area contributed by atoms with Crippen molar-refractivity contribution in [1.82, 2.24) is 19.4 Å². The van der Waals surface area contributed by atoms with Crippen LogP contribution in [-0.4, -0.2) is 52.2 Å². The van der Waals surface area contributed by atoms with Crippen LogP contribution in [0.15, 0.2) is 76.5 Å². The molecule has 4 aromatic rings. The van der Waals surface area contributed by atoms with Crippen LogP contribution in [0.5, 0.6) is 0 Å². The highest BCUT2D eigenvalue weighted by Crippen LogP contribution is 2.09. The molecule has 2 aromatic heterocycles. The molecule has 0 bridgehead atoms. The predicted octanol–water partition coefficient (Wildman–Crippen LogP) is 0.306. The maximum Gasteiger partial charge on any atom is 0.422 e. The molecule has 0 radical (unpaired) electrons. The van der Waals surface area contributed by atoms with Crippen molar-refractivity contribution in [3.05, 3.63) is 90.5 Å². The minimum Gasteiger partial charge on any atom is -1.00 e. The van der Waals surface area contributed by atoms with Crippen LogP contribution in [0.3, 0.4) is 0 Å². The molecule has 0 amide bonds. The summed E-state index contributed by atoms with van der Waals surface area (Å²) in [5.74, 6) is -1.16. The van der Waals surface area contributed by atoms with Gasteiger partial charge in [-0.1, -0.05) is 60.7 Å². The quantitative estimate of drug-likeness (QED) is 0.191. The van der Waals surface area contributed by atoms with E-state index in [1.54, 1.807) is 36.4 Å². The highest BCUT2D eigenvalue weighted by molar-refractivity contribution is 14.1. The third-order valence-electron chi connectivity index (χ3n) is 5.96. The number of para-hydroxylation sites is 2. The first-order chi connectivity index (χ1) is 18.8. The lowest BCUT2D eigenvalue weighted by Crippen LogP contribution is -3.00. The number of alkyl halides is 1. The van der Waals surface area contributed by atoms with Crippen molar-refractivity contribution < 1.29 is 32.8 Å². The van der Waals surface area contributed by atoms with Crippen LogP contribution in [0.1, 0.15) is 26.7 Å². The van der Waals surface area contributed by atoms with E-state index in [2.05, 4.69) is 51.1 Å². The standard InChI is InChI=1S/C14H18N2O3.C11H10INO3.C3H9N.HI/c1-3-15(2)9-6-10-16-12-8-5-4-7-11(12)13(17)19-14(16)18;12-6-3-7-13-9-5-2-1-4-8(9)10(14)16-11(13)15;1-3-4-2;/h4-5,7-8H,3,6,9-10H2,1-2H3;1-2,4-5H,3,6-7H2;4H,3H2,1-2H3;1H/p-1. The molecule has 220 valence electrons. The second-order valence-corrected chi connectivity index (χ2v) is 9.73. The van der Waals surface area contributed by atoms with Crippen LogP contribution in [-0.2, 0) is 13.1 Å². The molecule has 0 unspecified atom stereocenters. The predicted molar refractivity (Wildman–Crippen MR) is 164 cm³/mol. The van der Waals surface area contributed by atoms with E-state index < -0.39 is 22.8 Å². The molecule has 0 fully saturated rings. The van der Waals surface area contributed by atoms with Gasteiger partial charge >= 0.3 is 22.8 Å². The Morgan fingerprint density at radius 3 is 1.62 bits per heavy atom. The fourth-order valence-corrected chi connectivity index (χ4v) is 3.98. The van der Waals surface area contributed by atoms with E-state index in [9.17, 15) is 19.2 Å². The van der Waals surface area contributed by atoms with Gasteiger partial charge in [-0.25, -0.2) is 19.2 Å². The molecule has 2 heterocycles. The van der Waals surface area contributed by atoms with Crippen LogP contribution in [0.4, 0.5) is 0 Å². The number of hydrogen-bond acceptors (Lipinski definition) is 8. The molecule has 0 aliphatic carbocycles. The highest BCUT2D eigenvalue weighted by Gasteiger charge is 2.09. The van der Waals surface area contributed by atoms with E-state index in [0.29, 0.717) is 34.9 Å². The van der Waals surface area contributed by atoms with E-state index in [1.807, 2.05) is 26.2 Å². The van der Waals surface area contributed by atoms with E-state index >= 15 is 0 Å². The normalized spacial score (nSPS) is 10.4. The average molecular weight is 779 g/mol. The number of benzene rings is 2. The largest absolute Gasteiger partial charge is 1.00 e. The number of nitrogens with zero attached hydrogens (tertiary/aromatic N) is 3. The fraction of sp³-hybridized carbons (Fsp3) is 0.429. The number of fused-ring (bicyclic) bond motifs is 2. The Labute approximate surface area is 263 Å². The minimum atomic E-state index is -0.581. The van der Waals surface area contributed by atoms with Gasteiger partial charge in [0.05, 0.1) is 21.8 Å². The maximum atomic E-state index is 11.8. The van der Waals surface area contributed by atoms with Crippen molar-refractivity contribution in [3.63, 3.8) is 0 Å². The van der Waals surface area contributed by atoms with E-state index in [0.717, 1.165) is 36.9 Å². The van der Waals surface area contributed by atoms with Crippen molar-refractivity contribution in [2.75, 3.05) is 38.2 Å². The monoisotopic (exact) mass is 779 g/mol. The zero-order valence-electron chi connectivity index (χ0n) is 23.3. The van der Waals surface area contributed by atoms with Gasteiger partial charge in [0.25, 0.3) is 0 Å². The molecular formula is C28H37I2N4O6-. The average Bonchev–Trinajstić information content (AvgIpc) is 2.95. The molecule has 0 aliphatic rings. The third-order valence-corrected chi connectivity index (χ3v) is 6.72. The zero-order valence-corrected chi connectivity index (χ0v) is 27.6. The van der Waals surface area contributed by atoms with Gasteiger partial charge in [-0.15, -0.1) is 0 Å².